The molecule has 39 heavy (non-hydrogen) atoms. The van der Waals surface area contributed by atoms with Gasteiger partial charge in [0.05, 0.1) is 35.0 Å². The van der Waals surface area contributed by atoms with E-state index in [1.165, 1.54) is 23.1 Å². The van der Waals surface area contributed by atoms with Crippen molar-refractivity contribution in [1.29, 1.82) is 0 Å². The average Bonchev–Trinajstić information content (AvgIpc) is 3.48. The Morgan fingerprint density at radius 1 is 0.949 bits per heavy atom. The molecule has 0 aliphatic carbocycles. The molecule has 1 amide bonds. The number of aliphatic hydroxyl groups excluding tert-OH is 1. The molecule has 0 bridgehead atoms. The maximum atomic E-state index is 13.9. The van der Waals surface area contributed by atoms with Crippen LogP contribution < -0.4 is 14.4 Å². The predicted octanol–water partition coefficient (Wildman–Crippen LogP) is 6.64. The molecule has 1 saturated heterocycles. The summed E-state index contributed by atoms with van der Waals surface area (Å²) in [4.78, 5) is 32.7. The van der Waals surface area contributed by atoms with Gasteiger partial charge in [-0.25, -0.2) is 9.37 Å². The molecular formula is C30H27FN2O5S. The van der Waals surface area contributed by atoms with Crippen molar-refractivity contribution in [2.24, 2.45) is 0 Å². The number of hydrogen-bond donors (Lipinski definition) is 1. The number of carbonyl (C=O) groups is 2. The maximum Gasteiger partial charge on any atom is 0.301 e. The van der Waals surface area contributed by atoms with Crippen molar-refractivity contribution in [3.8, 4) is 11.5 Å². The molecule has 3 aromatic carbocycles. The topological polar surface area (TPSA) is 89.0 Å². The molecule has 9 heteroatoms. The average molecular weight is 547 g/mol. The van der Waals surface area contributed by atoms with E-state index in [-0.39, 0.29) is 16.5 Å². The van der Waals surface area contributed by atoms with Crippen LogP contribution in [0.2, 0.25) is 0 Å². The first-order chi connectivity index (χ1) is 18.9. The zero-order valence-electron chi connectivity index (χ0n) is 21.5. The maximum absolute atomic E-state index is 13.9. The molecule has 5 rings (SSSR count). The van der Waals surface area contributed by atoms with Gasteiger partial charge in [-0.2, -0.15) is 0 Å². The van der Waals surface area contributed by atoms with Crippen molar-refractivity contribution >= 4 is 44.1 Å². The number of Topliss-reactive ketones (excluding diaryl/α,β-unsaturated/α-hetero) is 1. The van der Waals surface area contributed by atoms with E-state index in [2.05, 4.69) is 4.98 Å². The van der Waals surface area contributed by atoms with Crippen LogP contribution in [0, 0.1) is 5.82 Å². The van der Waals surface area contributed by atoms with Crippen LogP contribution in [0.15, 0.2) is 72.3 Å². The molecule has 4 aromatic rings. The lowest BCUT2D eigenvalue weighted by molar-refractivity contribution is -0.132. The molecular weight excluding hydrogens is 519 g/mol. The number of aromatic nitrogens is 1. The summed E-state index contributed by atoms with van der Waals surface area (Å²) in [5.74, 6) is -1.10. The van der Waals surface area contributed by atoms with Gasteiger partial charge in [0.25, 0.3) is 5.78 Å². The van der Waals surface area contributed by atoms with Crippen molar-refractivity contribution < 1.29 is 28.6 Å². The Morgan fingerprint density at radius 3 is 2.18 bits per heavy atom. The summed E-state index contributed by atoms with van der Waals surface area (Å²) in [7, 11) is 0. The SMILES string of the molecule is CCCOc1ccc(C(O)=C2C(=O)C(=O)N(c3nc4ccc(F)cc4s3)C2c2ccc(OCCC)cc2)cc1. The number of nitrogens with zero attached hydrogens (tertiary/aromatic N) is 2. The van der Waals surface area contributed by atoms with E-state index in [1.807, 2.05) is 13.8 Å². The molecule has 2 heterocycles. The first-order valence-electron chi connectivity index (χ1n) is 12.7. The number of rotatable bonds is 9. The van der Waals surface area contributed by atoms with Gasteiger partial charge in [0.1, 0.15) is 23.1 Å². The van der Waals surface area contributed by atoms with E-state index in [1.54, 1.807) is 48.5 Å². The molecule has 1 N–H and O–H groups in total. The van der Waals surface area contributed by atoms with Gasteiger partial charge in [0.2, 0.25) is 0 Å². The number of thiazole rings is 1. The fraction of sp³-hybridized carbons (Fsp3) is 0.233. The molecule has 1 atom stereocenters. The third-order valence-corrected chi connectivity index (χ3v) is 7.28. The molecule has 1 unspecified atom stereocenters. The Bertz CT molecular complexity index is 1550. The monoisotopic (exact) mass is 546 g/mol. The third kappa shape index (κ3) is 5.22. The first-order valence-corrected chi connectivity index (χ1v) is 13.6. The molecule has 1 aliphatic rings. The second kappa shape index (κ2) is 11.2. The molecule has 0 saturated carbocycles. The van der Waals surface area contributed by atoms with Gasteiger partial charge in [-0.15, -0.1) is 0 Å². The normalized spacial score (nSPS) is 16.7. The minimum Gasteiger partial charge on any atom is -0.507 e. The highest BCUT2D eigenvalue weighted by Gasteiger charge is 2.48. The summed E-state index contributed by atoms with van der Waals surface area (Å²) >= 11 is 1.10. The van der Waals surface area contributed by atoms with Crippen molar-refractivity contribution in [2.45, 2.75) is 32.7 Å². The number of amides is 1. The van der Waals surface area contributed by atoms with Crippen molar-refractivity contribution in [3.05, 3.63) is 89.2 Å². The van der Waals surface area contributed by atoms with Gasteiger partial charge < -0.3 is 14.6 Å². The Morgan fingerprint density at radius 2 is 1.56 bits per heavy atom. The Hall–Kier alpha value is -4.24. The zero-order chi connectivity index (χ0) is 27.5. The number of fused-ring (bicyclic) bond motifs is 1. The first kappa shape index (κ1) is 26.4. The molecule has 200 valence electrons. The fourth-order valence-electron chi connectivity index (χ4n) is 4.39. The lowest BCUT2D eigenvalue weighted by Crippen LogP contribution is -2.29. The van der Waals surface area contributed by atoms with E-state index in [9.17, 15) is 19.1 Å². The zero-order valence-corrected chi connectivity index (χ0v) is 22.3. The van der Waals surface area contributed by atoms with Crippen LogP contribution in [0.5, 0.6) is 11.5 Å². The lowest BCUT2D eigenvalue weighted by atomic mass is 9.95. The minimum absolute atomic E-state index is 0.0603. The van der Waals surface area contributed by atoms with E-state index in [0.29, 0.717) is 46.1 Å². The lowest BCUT2D eigenvalue weighted by Gasteiger charge is -2.23. The Balaban J connectivity index is 1.62. The number of aliphatic hydroxyl groups is 1. The predicted molar refractivity (Wildman–Crippen MR) is 149 cm³/mol. The number of ether oxygens (including phenoxy) is 2. The van der Waals surface area contributed by atoms with Crippen LogP contribution in [0.4, 0.5) is 9.52 Å². The van der Waals surface area contributed by atoms with Gasteiger partial charge >= 0.3 is 5.91 Å². The summed E-state index contributed by atoms with van der Waals surface area (Å²) < 4.78 is 25.7. The largest absolute Gasteiger partial charge is 0.507 e. The molecule has 1 aliphatic heterocycles. The quantitative estimate of drug-likeness (QED) is 0.144. The number of anilines is 1. The van der Waals surface area contributed by atoms with Crippen LogP contribution in [0.3, 0.4) is 0 Å². The Labute approximate surface area is 229 Å². The van der Waals surface area contributed by atoms with Crippen LogP contribution in [-0.2, 0) is 9.59 Å². The Kier molecular flexibility index (Phi) is 7.60. The summed E-state index contributed by atoms with van der Waals surface area (Å²) in [6.45, 7) is 5.12. The molecule has 1 fully saturated rings. The van der Waals surface area contributed by atoms with E-state index < -0.39 is 23.5 Å². The van der Waals surface area contributed by atoms with Crippen molar-refractivity contribution in [3.63, 3.8) is 0 Å². The van der Waals surface area contributed by atoms with Crippen molar-refractivity contribution in [1.82, 2.24) is 4.98 Å². The van der Waals surface area contributed by atoms with E-state index in [4.69, 9.17) is 9.47 Å². The van der Waals surface area contributed by atoms with Crippen LogP contribution in [0.1, 0.15) is 43.9 Å². The highest BCUT2D eigenvalue weighted by Crippen LogP contribution is 2.44. The van der Waals surface area contributed by atoms with Gasteiger partial charge in [-0.3, -0.25) is 14.5 Å². The third-order valence-electron chi connectivity index (χ3n) is 6.26. The molecule has 0 radical (unpaired) electrons. The van der Waals surface area contributed by atoms with Crippen LogP contribution >= 0.6 is 11.3 Å². The standard InChI is InChI=1S/C30H27FN2O5S/c1-3-15-37-21-10-5-18(6-11-21)26-25(27(34)19-7-12-22(13-8-19)38-16-4-2)28(35)29(36)33(26)30-32-23-14-9-20(31)17-24(23)39-30/h5-14,17,26,34H,3-4,15-16H2,1-2H3. The minimum atomic E-state index is -0.952. The summed E-state index contributed by atoms with van der Waals surface area (Å²) in [6.07, 6.45) is 1.70. The summed E-state index contributed by atoms with van der Waals surface area (Å²) in [5.41, 5.74) is 1.40. The number of hydrogen-bond acceptors (Lipinski definition) is 7. The van der Waals surface area contributed by atoms with Gasteiger partial charge in [0, 0.05) is 5.56 Å². The van der Waals surface area contributed by atoms with Crippen molar-refractivity contribution in [2.75, 3.05) is 18.1 Å². The second-order valence-electron chi connectivity index (χ2n) is 9.07. The summed E-state index contributed by atoms with van der Waals surface area (Å²) in [6, 6.07) is 17.0. The highest BCUT2D eigenvalue weighted by atomic mass is 32.1. The van der Waals surface area contributed by atoms with Gasteiger partial charge in [-0.1, -0.05) is 37.3 Å². The molecule has 7 nitrogen and oxygen atoms in total. The second-order valence-corrected chi connectivity index (χ2v) is 10.1. The van der Waals surface area contributed by atoms with Gasteiger partial charge in [-0.05, 0) is 73.0 Å². The number of benzene rings is 3. The smallest absolute Gasteiger partial charge is 0.301 e. The van der Waals surface area contributed by atoms with Crippen LogP contribution in [-0.4, -0.2) is 35.0 Å². The number of halogens is 1. The number of ketones is 1. The van der Waals surface area contributed by atoms with Gasteiger partial charge in [0.15, 0.2) is 5.13 Å². The molecule has 1 aromatic heterocycles. The van der Waals surface area contributed by atoms with E-state index in [0.717, 1.165) is 24.2 Å². The highest BCUT2D eigenvalue weighted by molar-refractivity contribution is 7.22. The number of carbonyl (C=O) groups excluding carboxylic acids is 2. The van der Waals surface area contributed by atoms with E-state index >= 15 is 0 Å². The fourth-order valence-corrected chi connectivity index (χ4v) is 5.40. The molecule has 0 spiro atoms. The summed E-state index contributed by atoms with van der Waals surface area (Å²) in [5, 5.41) is 11.6. The van der Waals surface area contributed by atoms with Crippen LogP contribution in [0.25, 0.3) is 16.0 Å².